The molecule has 0 heterocycles. The summed E-state index contributed by atoms with van der Waals surface area (Å²) < 4.78 is 0. The van der Waals surface area contributed by atoms with Gasteiger partial charge < -0.3 is 10.6 Å². The number of carbonyl (C=O) groups excluding carboxylic acids is 2. The van der Waals surface area contributed by atoms with Crippen molar-refractivity contribution in [3.63, 3.8) is 0 Å². The first-order valence-electron chi connectivity index (χ1n) is 6.80. The van der Waals surface area contributed by atoms with Crippen LogP contribution in [0.3, 0.4) is 0 Å². The average Bonchev–Trinajstić information content (AvgIpc) is 2.46. The molecule has 2 rings (SSSR count). The number of aryl methyl sites for hydroxylation is 1. The van der Waals surface area contributed by atoms with E-state index in [9.17, 15) is 9.59 Å². The molecule has 0 saturated heterocycles. The first-order valence-corrected chi connectivity index (χ1v) is 6.80. The first kappa shape index (κ1) is 14.8. The van der Waals surface area contributed by atoms with Gasteiger partial charge in [-0.1, -0.05) is 42.5 Å². The standard InChI is InChI=1S/C17H18N2O2/c1-13-6-5-9-15(10-13)19-17(21)12-18-16(20)11-14-7-3-2-4-8-14/h2-10H,11-12H2,1H3,(H,18,20)(H,19,21). The van der Waals surface area contributed by atoms with Gasteiger partial charge in [-0.2, -0.15) is 0 Å². The molecule has 0 atom stereocenters. The third-order valence-corrected chi connectivity index (χ3v) is 2.96. The van der Waals surface area contributed by atoms with Crippen molar-refractivity contribution < 1.29 is 9.59 Å². The van der Waals surface area contributed by atoms with Crippen molar-refractivity contribution in [1.29, 1.82) is 0 Å². The molecule has 4 heteroatoms. The predicted octanol–water partition coefficient (Wildman–Crippen LogP) is 2.29. The summed E-state index contributed by atoms with van der Waals surface area (Å²) in [6.45, 7) is 1.93. The highest BCUT2D eigenvalue weighted by Gasteiger charge is 2.06. The maximum atomic E-state index is 11.8. The van der Waals surface area contributed by atoms with E-state index in [0.29, 0.717) is 0 Å². The second-order valence-corrected chi connectivity index (χ2v) is 4.86. The molecule has 0 aromatic heterocycles. The fraction of sp³-hybridized carbons (Fsp3) is 0.176. The third-order valence-electron chi connectivity index (χ3n) is 2.96. The summed E-state index contributed by atoms with van der Waals surface area (Å²) in [5.74, 6) is -0.400. The normalized spacial score (nSPS) is 9.95. The average molecular weight is 282 g/mol. The fourth-order valence-electron chi connectivity index (χ4n) is 1.95. The van der Waals surface area contributed by atoms with Crippen molar-refractivity contribution in [3.8, 4) is 0 Å². The van der Waals surface area contributed by atoms with E-state index in [1.807, 2.05) is 61.5 Å². The topological polar surface area (TPSA) is 58.2 Å². The van der Waals surface area contributed by atoms with Crippen molar-refractivity contribution in [2.75, 3.05) is 11.9 Å². The lowest BCUT2D eigenvalue weighted by Crippen LogP contribution is -2.33. The molecule has 2 aromatic rings. The zero-order valence-corrected chi connectivity index (χ0v) is 11.9. The van der Waals surface area contributed by atoms with Gasteiger partial charge in [0.15, 0.2) is 0 Å². The van der Waals surface area contributed by atoms with E-state index in [4.69, 9.17) is 0 Å². The van der Waals surface area contributed by atoms with Crippen LogP contribution in [0.4, 0.5) is 5.69 Å². The molecule has 4 nitrogen and oxygen atoms in total. The van der Waals surface area contributed by atoms with Crippen molar-refractivity contribution >= 4 is 17.5 Å². The highest BCUT2D eigenvalue weighted by atomic mass is 16.2. The molecule has 2 N–H and O–H groups in total. The summed E-state index contributed by atoms with van der Waals surface area (Å²) in [5, 5.41) is 5.36. The quantitative estimate of drug-likeness (QED) is 0.884. The molecule has 2 amide bonds. The minimum absolute atomic E-state index is 0.0282. The van der Waals surface area contributed by atoms with Crippen molar-refractivity contribution in [1.82, 2.24) is 5.32 Å². The molecular formula is C17H18N2O2. The maximum absolute atomic E-state index is 11.8. The number of rotatable bonds is 5. The second-order valence-electron chi connectivity index (χ2n) is 4.86. The van der Waals surface area contributed by atoms with Crippen LogP contribution >= 0.6 is 0 Å². The predicted molar refractivity (Wildman–Crippen MR) is 83.0 cm³/mol. The monoisotopic (exact) mass is 282 g/mol. The number of anilines is 1. The second kappa shape index (κ2) is 7.24. The molecule has 2 aromatic carbocycles. The number of carbonyl (C=O) groups is 2. The third kappa shape index (κ3) is 5.10. The van der Waals surface area contributed by atoms with Gasteiger partial charge in [-0.05, 0) is 30.2 Å². The zero-order chi connectivity index (χ0) is 15.1. The highest BCUT2D eigenvalue weighted by Crippen LogP contribution is 2.08. The molecule has 0 bridgehead atoms. The lowest BCUT2D eigenvalue weighted by Gasteiger charge is -2.07. The van der Waals surface area contributed by atoms with Crippen LogP contribution in [0.5, 0.6) is 0 Å². The zero-order valence-electron chi connectivity index (χ0n) is 11.9. The summed E-state index contributed by atoms with van der Waals surface area (Å²) in [7, 11) is 0. The van der Waals surface area contributed by atoms with Gasteiger partial charge in [0.2, 0.25) is 11.8 Å². The Kier molecular flexibility index (Phi) is 5.10. The Morgan fingerprint density at radius 2 is 1.71 bits per heavy atom. The molecular weight excluding hydrogens is 264 g/mol. The summed E-state index contributed by atoms with van der Waals surface area (Å²) in [6.07, 6.45) is 0.276. The van der Waals surface area contributed by atoms with Gasteiger partial charge in [0.05, 0.1) is 13.0 Å². The lowest BCUT2D eigenvalue weighted by atomic mass is 10.1. The van der Waals surface area contributed by atoms with Crippen LogP contribution in [-0.2, 0) is 16.0 Å². The van der Waals surface area contributed by atoms with E-state index in [2.05, 4.69) is 10.6 Å². The summed E-state index contributed by atoms with van der Waals surface area (Å²) in [5.41, 5.74) is 2.73. The molecule has 21 heavy (non-hydrogen) atoms. The summed E-state index contributed by atoms with van der Waals surface area (Å²) >= 11 is 0. The van der Waals surface area contributed by atoms with E-state index in [-0.39, 0.29) is 24.8 Å². The number of amides is 2. The molecule has 0 unspecified atom stereocenters. The van der Waals surface area contributed by atoms with Gasteiger partial charge in [-0.3, -0.25) is 9.59 Å². The van der Waals surface area contributed by atoms with E-state index in [1.165, 1.54) is 0 Å². The van der Waals surface area contributed by atoms with Gasteiger partial charge in [-0.25, -0.2) is 0 Å². The number of nitrogens with one attached hydrogen (secondary N) is 2. The van der Waals surface area contributed by atoms with E-state index >= 15 is 0 Å². The van der Waals surface area contributed by atoms with Gasteiger partial charge >= 0.3 is 0 Å². The number of hydrogen-bond acceptors (Lipinski definition) is 2. The van der Waals surface area contributed by atoms with Crippen LogP contribution in [0.25, 0.3) is 0 Å². The summed E-state index contributed by atoms with van der Waals surface area (Å²) in [6, 6.07) is 17.0. The Labute approximate surface area is 124 Å². The highest BCUT2D eigenvalue weighted by molar-refractivity contribution is 5.94. The first-order chi connectivity index (χ1) is 10.1. The van der Waals surface area contributed by atoms with Crippen LogP contribution in [0, 0.1) is 6.92 Å². The molecule has 108 valence electrons. The van der Waals surface area contributed by atoms with Gasteiger partial charge in [0.1, 0.15) is 0 Å². The van der Waals surface area contributed by atoms with Gasteiger partial charge in [0, 0.05) is 5.69 Å². The molecule has 0 spiro atoms. The number of benzene rings is 2. The van der Waals surface area contributed by atoms with Crippen LogP contribution in [0.15, 0.2) is 54.6 Å². The molecule has 0 aliphatic rings. The molecule has 0 fully saturated rings. The molecule has 0 radical (unpaired) electrons. The Morgan fingerprint density at radius 1 is 0.952 bits per heavy atom. The SMILES string of the molecule is Cc1cccc(NC(=O)CNC(=O)Cc2ccccc2)c1. The van der Waals surface area contributed by atoms with E-state index in [0.717, 1.165) is 16.8 Å². The van der Waals surface area contributed by atoms with Crippen LogP contribution in [0.2, 0.25) is 0 Å². The van der Waals surface area contributed by atoms with Gasteiger partial charge in [-0.15, -0.1) is 0 Å². The van der Waals surface area contributed by atoms with Crippen molar-refractivity contribution in [3.05, 3.63) is 65.7 Å². The minimum Gasteiger partial charge on any atom is -0.347 e. The van der Waals surface area contributed by atoms with E-state index in [1.54, 1.807) is 0 Å². The van der Waals surface area contributed by atoms with Crippen molar-refractivity contribution in [2.45, 2.75) is 13.3 Å². The van der Waals surface area contributed by atoms with Crippen LogP contribution < -0.4 is 10.6 Å². The molecule has 0 saturated carbocycles. The Morgan fingerprint density at radius 3 is 2.43 bits per heavy atom. The van der Waals surface area contributed by atoms with E-state index < -0.39 is 0 Å². The summed E-state index contributed by atoms with van der Waals surface area (Å²) in [4.78, 5) is 23.5. The Bertz CT molecular complexity index is 624. The molecule has 0 aliphatic heterocycles. The number of hydrogen-bond donors (Lipinski definition) is 2. The van der Waals surface area contributed by atoms with Crippen molar-refractivity contribution in [2.24, 2.45) is 0 Å². The Hall–Kier alpha value is -2.62. The van der Waals surface area contributed by atoms with Gasteiger partial charge in [0.25, 0.3) is 0 Å². The Balaban J connectivity index is 1.77. The minimum atomic E-state index is -0.234. The maximum Gasteiger partial charge on any atom is 0.243 e. The van der Waals surface area contributed by atoms with Crippen LogP contribution in [0.1, 0.15) is 11.1 Å². The largest absolute Gasteiger partial charge is 0.347 e. The smallest absolute Gasteiger partial charge is 0.243 e. The van der Waals surface area contributed by atoms with Crippen LogP contribution in [-0.4, -0.2) is 18.4 Å². The molecule has 0 aliphatic carbocycles. The lowest BCUT2D eigenvalue weighted by molar-refractivity contribution is -0.123. The fourth-order valence-corrected chi connectivity index (χ4v) is 1.95.